The molecule has 1 atom stereocenters. The van der Waals surface area contributed by atoms with Crippen LogP contribution in [0.5, 0.6) is 0 Å². The maximum Gasteiger partial charge on any atom is 0.338 e. The van der Waals surface area contributed by atoms with Crippen molar-refractivity contribution >= 4 is 5.97 Å². The number of nitrogens with zero attached hydrogens (tertiary/aromatic N) is 3. The number of hydrogen-bond acceptors (Lipinski definition) is 4. The highest BCUT2D eigenvalue weighted by Gasteiger charge is 2.36. The molecule has 0 aliphatic rings. The van der Waals surface area contributed by atoms with Gasteiger partial charge in [-0.05, 0) is 36.1 Å². The van der Waals surface area contributed by atoms with Crippen LogP contribution in [-0.4, -0.2) is 20.7 Å². The van der Waals surface area contributed by atoms with Crippen molar-refractivity contribution in [2.45, 2.75) is 65.0 Å². The molecule has 0 bridgehead atoms. The number of benzene rings is 2. The van der Waals surface area contributed by atoms with Crippen LogP contribution in [0.4, 0.5) is 8.78 Å². The molecular formula is C25H29F2N3O2. The molecule has 1 unspecified atom stereocenters. The monoisotopic (exact) mass is 441 g/mol. The molecule has 1 aromatic heterocycles. The number of hydrogen-bond donors (Lipinski definition) is 0. The van der Waals surface area contributed by atoms with Crippen molar-refractivity contribution in [3.8, 4) is 0 Å². The number of carbonyl (C=O) groups is 1. The van der Waals surface area contributed by atoms with Crippen LogP contribution in [-0.2, 0) is 23.8 Å². The van der Waals surface area contributed by atoms with Crippen LogP contribution in [0.15, 0.2) is 54.6 Å². The van der Waals surface area contributed by atoms with E-state index in [0.29, 0.717) is 17.8 Å². The Morgan fingerprint density at radius 1 is 1.06 bits per heavy atom. The first-order valence-corrected chi connectivity index (χ1v) is 11.0. The first-order chi connectivity index (χ1) is 15.4. The van der Waals surface area contributed by atoms with Crippen LogP contribution < -0.4 is 0 Å². The van der Waals surface area contributed by atoms with E-state index in [-0.39, 0.29) is 25.5 Å². The van der Waals surface area contributed by atoms with Crippen LogP contribution in [0.1, 0.15) is 79.1 Å². The zero-order valence-electron chi connectivity index (χ0n) is 18.7. The van der Waals surface area contributed by atoms with Crippen molar-refractivity contribution < 1.29 is 18.3 Å². The normalized spacial score (nSPS) is 12.5. The Balaban J connectivity index is 1.84. The fourth-order valence-corrected chi connectivity index (χ4v) is 3.41. The predicted molar refractivity (Wildman–Crippen MR) is 119 cm³/mol. The molecule has 0 spiro atoms. The van der Waals surface area contributed by atoms with E-state index in [1.54, 1.807) is 35.9 Å². The van der Waals surface area contributed by atoms with Crippen molar-refractivity contribution in [1.82, 2.24) is 14.8 Å². The minimum Gasteiger partial charge on any atom is -0.457 e. The number of aromatic nitrogens is 3. The maximum atomic E-state index is 14.5. The third-order valence-corrected chi connectivity index (χ3v) is 5.45. The van der Waals surface area contributed by atoms with E-state index in [1.807, 2.05) is 44.2 Å². The zero-order valence-corrected chi connectivity index (χ0v) is 18.7. The third-order valence-electron chi connectivity index (χ3n) is 5.45. The molecule has 0 radical (unpaired) electrons. The summed E-state index contributed by atoms with van der Waals surface area (Å²) in [6.07, 6.45) is 0.812. The zero-order chi connectivity index (χ0) is 23.1. The van der Waals surface area contributed by atoms with Gasteiger partial charge in [0.2, 0.25) is 5.82 Å². The molecule has 0 amide bonds. The summed E-state index contributed by atoms with van der Waals surface area (Å²) in [5.41, 5.74) is 2.11. The van der Waals surface area contributed by atoms with E-state index in [1.165, 1.54) is 0 Å². The van der Waals surface area contributed by atoms with E-state index >= 15 is 0 Å². The third kappa shape index (κ3) is 5.58. The fraction of sp³-hybridized carbons (Fsp3) is 0.400. The molecule has 5 nitrogen and oxygen atoms in total. The molecule has 0 N–H and O–H groups in total. The van der Waals surface area contributed by atoms with E-state index in [9.17, 15) is 13.6 Å². The molecule has 2 aromatic carbocycles. The summed E-state index contributed by atoms with van der Waals surface area (Å²) in [6, 6.07) is 16.2. The minimum atomic E-state index is -3.06. The standard InChI is InChI=1S/C25H29F2N3O2/c1-4-15-25(26,27)24-28-22(18(3)5-2)30(29-24)16-20-13-9-10-14-21(20)17-32-23(31)19-11-7-6-8-12-19/h6-14,18H,4-5,15-17H2,1-3H3. The van der Waals surface area contributed by atoms with Crippen LogP contribution in [0.2, 0.25) is 0 Å². The molecule has 0 saturated heterocycles. The molecule has 0 saturated carbocycles. The lowest BCUT2D eigenvalue weighted by Crippen LogP contribution is -2.16. The van der Waals surface area contributed by atoms with E-state index in [4.69, 9.17) is 4.74 Å². The van der Waals surface area contributed by atoms with Gasteiger partial charge in [0, 0.05) is 12.3 Å². The van der Waals surface area contributed by atoms with Crippen molar-refractivity contribution in [3.05, 3.63) is 82.9 Å². The van der Waals surface area contributed by atoms with Crippen LogP contribution >= 0.6 is 0 Å². The Bertz CT molecular complexity index is 1030. The highest BCUT2D eigenvalue weighted by Crippen LogP contribution is 2.32. The number of halogens is 2. The first kappa shape index (κ1) is 23.6. The Labute approximate surface area is 187 Å². The molecule has 170 valence electrons. The average molecular weight is 442 g/mol. The Kier molecular flexibility index (Phi) is 7.72. The first-order valence-electron chi connectivity index (χ1n) is 11.0. The van der Waals surface area contributed by atoms with Gasteiger partial charge in [-0.15, -0.1) is 5.10 Å². The molecule has 7 heteroatoms. The summed E-state index contributed by atoms with van der Waals surface area (Å²) < 4.78 is 36.1. The van der Waals surface area contributed by atoms with Gasteiger partial charge in [0.15, 0.2) is 0 Å². The van der Waals surface area contributed by atoms with Crippen LogP contribution in [0.25, 0.3) is 0 Å². The summed E-state index contributed by atoms with van der Waals surface area (Å²) in [4.78, 5) is 16.5. The van der Waals surface area contributed by atoms with Crippen LogP contribution in [0, 0.1) is 0 Å². The molecule has 0 aliphatic heterocycles. The molecule has 3 rings (SSSR count). The molecular weight excluding hydrogens is 412 g/mol. The summed E-state index contributed by atoms with van der Waals surface area (Å²) >= 11 is 0. The summed E-state index contributed by atoms with van der Waals surface area (Å²) in [6.45, 7) is 6.01. The quantitative estimate of drug-likeness (QED) is 0.357. The molecule has 3 aromatic rings. The lowest BCUT2D eigenvalue weighted by Gasteiger charge is -2.14. The largest absolute Gasteiger partial charge is 0.457 e. The highest BCUT2D eigenvalue weighted by molar-refractivity contribution is 5.89. The Morgan fingerprint density at radius 2 is 1.72 bits per heavy atom. The van der Waals surface area contributed by atoms with Crippen LogP contribution in [0.3, 0.4) is 0 Å². The highest BCUT2D eigenvalue weighted by atomic mass is 19.3. The van der Waals surface area contributed by atoms with E-state index < -0.39 is 17.7 Å². The van der Waals surface area contributed by atoms with Gasteiger partial charge in [0.1, 0.15) is 12.4 Å². The second kappa shape index (κ2) is 10.5. The van der Waals surface area contributed by atoms with E-state index in [2.05, 4.69) is 10.1 Å². The SMILES string of the molecule is CCCC(F)(F)c1nc(C(C)CC)n(Cc2ccccc2COC(=O)c2ccccc2)n1. The van der Waals surface area contributed by atoms with Gasteiger partial charge in [-0.1, -0.05) is 63.2 Å². The predicted octanol–water partition coefficient (Wildman–Crippen LogP) is 6.09. The number of rotatable bonds is 10. The van der Waals surface area contributed by atoms with Gasteiger partial charge in [0.05, 0.1) is 12.1 Å². The van der Waals surface area contributed by atoms with Gasteiger partial charge in [-0.3, -0.25) is 0 Å². The second-order valence-electron chi connectivity index (χ2n) is 7.93. The number of esters is 1. The summed E-state index contributed by atoms with van der Waals surface area (Å²) in [7, 11) is 0. The lowest BCUT2D eigenvalue weighted by atomic mass is 10.1. The van der Waals surface area contributed by atoms with Gasteiger partial charge >= 0.3 is 11.9 Å². The van der Waals surface area contributed by atoms with Gasteiger partial charge in [0.25, 0.3) is 0 Å². The Hall–Kier alpha value is -3.09. The fourth-order valence-electron chi connectivity index (χ4n) is 3.41. The molecule has 0 fully saturated rings. The maximum absolute atomic E-state index is 14.5. The Morgan fingerprint density at radius 3 is 2.38 bits per heavy atom. The summed E-state index contributed by atoms with van der Waals surface area (Å²) in [5.74, 6) is -3.39. The smallest absolute Gasteiger partial charge is 0.338 e. The van der Waals surface area contributed by atoms with Crippen molar-refractivity contribution in [3.63, 3.8) is 0 Å². The van der Waals surface area contributed by atoms with Crippen molar-refractivity contribution in [2.24, 2.45) is 0 Å². The van der Waals surface area contributed by atoms with Gasteiger partial charge < -0.3 is 4.74 Å². The number of ether oxygens (including phenoxy) is 1. The van der Waals surface area contributed by atoms with Crippen molar-refractivity contribution in [1.29, 1.82) is 0 Å². The molecule has 0 aliphatic carbocycles. The number of alkyl halides is 2. The average Bonchev–Trinajstić information content (AvgIpc) is 3.23. The second-order valence-corrected chi connectivity index (χ2v) is 7.93. The topological polar surface area (TPSA) is 57.0 Å². The van der Waals surface area contributed by atoms with Gasteiger partial charge in [-0.25, -0.2) is 14.5 Å². The minimum absolute atomic E-state index is 0.0169. The van der Waals surface area contributed by atoms with Crippen molar-refractivity contribution in [2.75, 3.05) is 0 Å². The number of carbonyl (C=O) groups excluding carboxylic acids is 1. The van der Waals surface area contributed by atoms with Gasteiger partial charge in [-0.2, -0.15) is 8.78 Å². The van der Waals surface area contributed by atoms with E-state index in [0.717, 1.165) is 17.5 Å². The lowest BCUT2D eigenvalue weighted by molar-refractivity contribution is -0.0232. The summed E-state index contributed by atoms with van der Waals surface area (Å²) in [5, 5.41) is 4.20. The molecule has 32 heavy (non-hydrogen) atoms. The molecule has 1 heterocycles.